The van der Waals surface area contributed by atoms with Crippen LogP contribution in [-0.4, -0.2) is 45.4 Å². The number of aliphatic imine (C=N–C) groups is 1. The molecule has 2 N–H and O–H groups in total. The zero-order valence-corrected chi connectivity index (χ0v) is 20.1. The van der Waals surface area contributed by atoms with Crippen molar-refractivity contribution in [2.24, 2.45) is 10.4 Å². The van der Waals surface area contributed by atoms with Crippen molar-refractivity contribution in [3.8, 4) is 0 Å². The summed E-state index contributed by atoms with van der Waals surface area (Å²) in [4.78, 5) is 4.68. The third kappa shape index (κ3) is 5.38. The van der Waals surface area contributed by atoms with Crippen LogP contribution in [0.2, 0.25) is 0 Å². The van der Waals surface area contributed by atoms with Gasteiger partial charge in [-0.2, -0.15) is 4.31 Å². The molecular weight excluding hydrogens is 487 g/mol. The molecule has 0 unspecified atom stereocenters. The summed E-state index contributed by atoms with van der Waals surface area (Å²) >= 11 is 0. The number of hydrogen-bond donors (Lipinski definition) is 2. The molecular formula is C20H33IN4O2S. The lowest BCUT2D eigenvalue weighted by Gasteiger charge is -2.41. The maximum absolute atomic E-state index is 12.6. The number of guanidine groups is 1. The molecule has 1 aliphatic carbocycles. The average molecular weight is 520 g/mol. The first-order valence-electron chi connectivity index (χ1n) is 10.0. The van der Waals surface area contributed by atoms with Crippen molar-refractivity contribution in [1.29, 1.82) is 0 Å². The minimum atomic E-state index is -3.34. The Bertz CT molecular complexity index is 749. The van der Waals surface area contributed by atoms with E-state index in [2.05, 4.69) is 22.5 Å². The molecule has 3 rings (SSSR count). The summed E-state index contributed by atoms with van der Waals surface area (Å²) in [6.07, 6.45) is 7.01. The first-order chi connectivity index (χ1) is 13.0. The van der Waals surface area contributed by atoms with E-state index in [1.165, 1.54) is 25.7 Å². The van der Waals surface area contributed by atoms with Crippen LogP contribution in [0.3, 0.4) is 0 Å². The molecule has 0 bridgehead atoms. The standard InChI is InChI=1S/C20H32N4O2S.HI/c1-3-20(11-6-12-20)16-23-19(21-2)22-15-17-7-9-18(10-8-17)27(25,26)24-13-4-5-14-24;/h7-10H,3-6,11-16H2,1-2H3,(H2,21,22,23);1H. The Balaban J connectivity index is 0.00000280. The largest absolute Gasteiger partial charge is 0.356 e. The van der Waals surface area contributed by atoms with E-state index in [4.69, 9.17) is 0 Å². The van der Waals surface area contributed by atoms with Gasteiger partial charge in [0.15, 0.2) is 5.96 Å². The number of nitrogens with zero attached hydrogens (tertiary/aromatic N) is 2. The van der Waals surface area contributed by atoms with Crippen molar-refractivity contribution < 1.29 is 8.42 Å². The number of rotatable bonds is 7. The summed E-state index contributed by atoms with van der Waals surface area (Å²) in [6.45, 7) is 5.09. The predicted octanol–water partition coefficient (Wildman–Crippen LogP) is 3.33. The van der Waals surface area contributed by atoms with Gasteiger partial charge in [0.05, 0.1) is 4.90 Å². The van der Waals surface area contributed by atoms with E-state index < -0.39 is 10.0 Å². The molecule has 28 heavy (non-hydrogen) atoms. The molecule has 1 aromatic rings. The van der Waals surface area contributed by atoms with Crippen LogP contribution >= 0.6 is 24.0 Å². The first-order valence-corrected chi connectivity index (χ1v) is 11.5. The number of sulfonamides is 1. The van der Waals surface area contributed by atoms with Crippen molar-refractivity contribution in [1.82, 2.24) is 14.9 Å². The van der Waals surface area contributed by atoms with Crippen LogP contribution in [-0.2, 0) is 16.6 Å². The van der Waals surface area contributed by atoms with E-state index in [0.717, 1.165) is 30.9 Å². The van der Waals surface area contributed by atoms with E-state index >= 15 is 0 Å². The minimum Gasteiger partial charge on any atom is -0.356 e. The van der Waals surface area contributed by atoms with Gasteiger partial charge in [0.2, 0.25) is 10.0 Å². The molecule has 1 heterocycles. The van der Waals surface area contributed by atoms with E-state index in [-0.39, 0.29) is 24.0 Å². The highest BCUT2D eigenvalue weighted by atomic mass is 127. The fraction of sp³-hybridized carbons (Fsp3) is 0.650. The van der Waals surface area contributed by atoms with E-state index in [0.29, 0.717) is 29.9 Å². The zero-order chi connectivity index (χ0) is 19.3. The van der Waals surface area contributed by atoms with Gasteiger partial charge in [-0.05, 0) is 55.2 Å². The number of nitrogens with one attached hydrogen (secondary N) is 2. The van der Waals surface area contributed by atoms with Gasteiger partial charge in [-0.15, -0.1) is 24.0 Å². The second-order valence-corrected chi connectivity index (χ2v) is 9.68. The van der Waals surface area contributed by atoms with Gasteiger partial charge in [0.1, 0.15) is 0 Å². The molecule has 2 aliphatic rings. The van der Waals surface area contributed by atoms with Gasteiger partial charge in [-0.3, -0.25) is 4.99 Å². The summed E-state index contributed by atoms with van der Waals surface area (Å²) in [6, 6.07) is 7.17. The molecule has 1 aliphatic heterocycles. The maximum atomic E-state index is 12.6. The van der Waals surface area contributed by atoms with Gasteiger partial charge in [0.25, 0.3) is 0 Å². The van der Waals surface area contributed by atoms with Crippen molar-refractivity contribution in [2.75, 3.05) is 26.7 Å². The predicted molar refractivity (Wildman–Crippen MR) is 125 cm³/mol. The van der Waals surface area contributed by atoms with Crippen molar-refractivity contribution >= 4 is 40.0 Å². The van der Waals surface area contributed by atoms with Gasteiger partial charge in [0, 0.05) is 33.2 Å². The summed E-state index contributed by atoms with van der Waals surface area (Å²) in [7, 11) is -1.56. The van der Waals surface area contributed by atoms with Gasteiger partial charge in [-0.25, -0.2) is 8.42 Å². The smallest absolute Gasteiger partial charge is 0.243 e. The van der Waals surface area contributed by atoms with Crippen LogP contribution in [0.15, 0.2) is 34.2 Å². The topological polar surface area (TPSA) is 73.8 Å². The molecule has 1 saturated carbocycles. The maximum Gasteiger partial charge on any atom is 0.243 e. The van der Waals surface area contributed by atoms with Crippen LogP contribution in [0, 0.1) is 5.41 Å². The third-order valence-electron chi connectivity index (χ3n) is 6.10. The van der Waals surface area contributed by atoms with Crippen LogP contribution < -0.4 is 10.6 Å². The normalized spacial score (nSPS) is 19.6. The molecule has 0 amide bonds. The Labute approximate surface area is 186 Å². The van der Waals surface area contributed by atoms with E-state index in [9.17, 15) is 8.42 Å². The number of benzene rings is 1. The highest BCUT2D eigenvalue weighted by molar-refractivity contribution is 14.0. The lowest BCUT2D eigenvalue weighted by molar-refractivity contribution is 0.131. The Hall–Kier alpha value is -0.870. The van der Waals surface area contributed by atoms with Crippen LogP contribution in [0.5, 0.6) is 0 Å². The molecule has 1 aromatic carbocycles. The van der Waals surface area contributed by atoms with Gasteiger partial charge < -0.3 is 10.6 Å². The SMILES string of the molecule is CCC1(CNC(=NC)NCc2ccc(S(=O)(=O)N3CCCC3)cc2)CCC1.I. The fourth-order valence-electron chi connectivity index (χ4n) is 3.87. The second-order valence-electron chi connectivity index (χ2n) is 7.74. The Kier molecular flexibility index (Phi) is 8.57. The van der Waals surface area contributed by atoms with E-state index in [1.807, 2.05) is 12.1 Å². The summed E-state index contributed by atoms with van der Waals surface area (Å²) in [5.41, 5.74) is 1.47. The lowest BCUT2D eigenvalue weighted by Crippen LogP contribution is -2.46. The summed E-state index contributed by atoms with van der Waals surface area (Å²) in [5, 5.41) is 6.77. The molecule has 0 radical (unpaired) electrons. The van der Waals surface area contributed by atoms with E-state index in [1.54, 1.807) is 23.5 Å². The quantitative estimate of drug-likeness (QED) is 0.329. The highest BCUT2D eigenvalue weighted by Gasteiger charge is 2.34. The Morgan fingerprint density at radius 1 is 1.11 bits per heavy atom. The lowest BCUT2D eigenvalue weighted by atomic mass is 9.67. The third-order valence-corrected chi connectivity index (χ3v) is 8.02. The first kappa shape index (κ1) is 23.4. The van der Waals surface area contributed by atoms with Crippen molar-refractivity contribution in [2.45, 2.75) is 56.9 Å². The molecule has 6 nitrogen and oxygen atoms in total. The molecule has 158 valence electrons. The summed E-state index contributed by atoms with van der Waals surface area (Å²) in [5.74, 6) is 0.795. The van der Waals surface area contributed by atoms with Crippen LogP contribution in [0.25, 0.3) is 0 Å². The molecule has 0 aromatic heterocycles. The fourth-order valence-corrected chi connectivity index (χ4v) is 5.38. The van der Waals surface area contributed by atoms with Gasteiger partial charge in [-0.1, -0.05) is 25.5 Å². The summed E-state index contributed by atoms with van der Waals surface area (Å²) < 4.78 is 26.7. The molecule has 2 fully saturated rings. The molecule has 0 spiro atoms. The van der Waals surface area contributed by atoms with Crippen LogP contribution in [0.1, 0.15) is 51.0 Å². The molecule has 1 saturated heterocycles. The van der Waals surface area contributed by atoms with Crippen molar-refractivity contribution in [3.63, 3.8) is 0 Å². The highest BCUT2D eigenvalue weighted by Crippen LogP contribution is 2.42. The average Bonchev–Trinajstić information content (AvgIpc) is 3.19. The molecule has 0 atom stereocenters. The number of halogens is 1. The zero-order valence-electron chi connectivity index (χ0n) is 16.9. The Morgan fingerprint density at radius 2 is 1.75 bits per heavy atom. The second kappa shape index (κ2) is 10.2. The van der Waals surface area contributed by atoms with Crippen molar-refractivity contribution in [3.05, 3.63) is 29.8 Å². The van der Waals surface area contributed by atoms with Crippen LogP contribution in [0.4, 0.5) is 0 Å². The monoisotopic (exact) mass is 520 g/mol. The van der Waals surface area contributed by atoms with Gasteiger partial charge >= 0.3 is 0 Å². The number of hydrogen-bond acceptors (Lipinski definition) is 3. The molecule has 8 heteroatoms. The Morgan fingerprint density at radius 3 is 2.25 bits per heavy atom. The minimum absolute atomic E-state index is 0.